The summed E-state index contributed by atoms with van der Waals surface area (Å²) in [5.74, 6) is -0.560. The van der Waals surface area contributed by atoms with Crippen molar-refractivity contribution >= 4 is 33.4 Å². The molecule has 0 aromatic heterocycles. The quantitative estimate of drug-likeness (QED) is 0.845. The van der Waals surface area contributed by atoms with Crippen LogP contribution in [0.5, 0.6) is 5.75 Å². The maximum absolute atomic E-state index is 13.1. The third-order valence-corrected chi connectivity index (χ3v) is 3.85. The van der Waals surface area contributed by atoms with Crippen LogP contribution < -0.4 is 10.1 Å². The smallest absolute Gasteiger partial charge is 0.254 e. The van der Waals surface area contributed by atoms with Crippen molar-refractivity contribution in [2.45, 2.75) is 0 Å². The van der Waals surface area contributed by atoms with Gasteiger partial charge in [-0.2, -0.15) is 0 Å². The lowest BCUT2D eigenvalue weighted by molar-refractivity contribution is -0.116. The number of benzene rings is 2. The highest BCUT2D eigenvalue weighted by Crippen LogP contribution is 2.25. The van der Waals surface area contributed by atoms with E-state index in [2.05, 4.69) is 21.2 Å². The zero-order valence-corrected chi connectivity index (χ0v) is 14.8. The second kappa shape index (κ2) is 7.92. The number of methoxy groups -OCH3 is 1. The molecule has 0 saturated heterocycles. The molecular formula is C17H16BrFN2O3. The molecule has 0 aliphatic rings. The van der Waals surface area contributed by atoms with E-state index in [1.807, 2.05) is 0 Å². The zero-order valence-electron chi connectivity index (χ0n) is 13.2. The van der Waals surface area contributed by atoms with Gasteiger partial charge >= 0.3 is 0 Å². The Balaban J connectivity index is 2.00. The number of carbonyl (C=O) groups is 2. The number of likely N-dealkylation sites (N-methyl/N-ethyl adjacent to an activating group) is 1. The van der Waals surface area contributed by atoms with Crippen LogP contribution in [0.25, 0.3) is 0 Å². The van der Waals surface area contributed by atoms with E-state index < -0.39 is 11.7 Å². The SMILES string of the molecule is COc1ccc(C(=O)N(C)CC(=O)Nc2cccc(F)c2)cc1Br. The van der Waals surface area contributed by atoms with Gasteiger partial charge in [0.15, 0.2) is 0 Å². The molecular weight excluding hydrogens is 379 g/mol. The second-order valence-corrected chi connectivity index (χ2v) is 5.92. The molecule has 2 amide bonds. The largest absolute Gasteiger partial charge is 0.496 e. The van der Waals surface area contributed by atoms with Crippen molar-refractivity contribution in [2.75, 3.05) is 26.0 Å². The Kier molecular flexibility index (Phi) is 5.92. The van der Waals surface area contributed by atoms with Crippen LogP contribution in [0.2, 0.25) is 0 Å². The summed E-state index contributed by atoms with van der Waals surface area (Å²) in [5, 5.41) is 2.55. The van der Waals surface area contributed by atoms with E-state index in [9.17, 15) is 14.0 Å². The lowest BCUT2D eigenvalue weighted by atomic mass is 10.2. The van der Waals surface area contributed by atoms with E-state index in [0.717, 1.165) is 0 Å². The first kappa shape index (κ1) is 17.9. The summed E-state index contributed by atoms with van der Waals surface area (Å²) < 4.78 is 18.9. The van der Waals surface area contributed by atoms with Crippen LogP contribution in [0.1, 0.15) is 10.4 Å². The molecule has 2 rings (SSSR count). The Labute approximate surface area is 147 Å². The molecule has 0 bridgehead atoms. The number of amides is 2. The number of ether oxygens (including phenoxy) is 1. The third-order valence-electron chi connectivity index (χ3n) is 3.23. The molecule has 2 aromatic carbocycles. The number of carbonyl (C=O) groups excluding carboxylic acids is 2. The fourth-order valence-corrected chi connectivity index (χ4v) is 2.61. The minimum absolute atomic E-state index is 0.154. The van der Waals surface area contributed by atoms with Crippen LogP contribution in [-0.2, 0) is 4.79 Å². The summed E-state index contributed by atoms with van der Waals surface area (Å²) >= 11 is 3.32. The van der Waals surface area contributed by atoms with Gasteiger partial charge in [-0.05, 0) is 52.3 Å². The van der Waals surface area contributed by atoms with Gasteiger partial charge in [0.05, 0.1) is 18.1 Å². The molecule has 0 heterocycles. The minimum Gasteiger partial charge on any atom is -0.496 e. The van der Waals surface area contributed by atoms with Gasteiger partial charge in [-0.15, -0.1) is 0 Å². The summed E-state index contributed by atoms with van der Waals surface area (Å²) in [6.07, 6.45) is 0. The molecule has 0 atom stereocenters. The van der Waals surface area contributed by atoms with Crippen LogP contribution in [0.4, 0.5) is 10.1 Å². The van der Waals surface area contributed by atoms with Crippen molar-refractivity contribution in [3.8, 4) is 5.75 Å². The molecule has 0 radical (unpaired) electrons. The van der Waals surface area contributed by atoms with E-state index in [-0.39, 0.29) is 12.5 Å². The Morgan fingerprint density at radius 2 is 2.00 bits per heavy atom. The van der Waals surface area contributed by atoms with E-state index in [1.165, 1.54) is 37.3 Å². The molecule has 5 nitrogen and oxygen atoms in total. The number of hydrogen-bond acceptors (Lipinski definition) is 3. The summed E-state index contributed by atoms with van der Waals surface area (Å²) in [7, 11) is 3.05. The molecule has 1 N–H and O–H groups in total. The number of rotatable bonds is 5. The van der Waals surface area contributed by atoms with E-state index >= 15 is 0 Å². The second-order valence-electron chi connectivity index (χ2n) is 5.07. The fraction of sp³-hybridized carbons (Fsp3) is 0.176. The molecule has 0 saturated carbocycles. The predicted molar refractivity (Wildman–Crippen MR) is 92.7 cm³/mol. The highest BCUT2D eigenvalue weighted by Gasteiger charge is 2.16. The fourth-order valence-electron chi connectivity index (χ4n) is 2.07. The zero-order chi connectivity index (χ0) is 17.7. The number of anilines is 1. The lowest BCUT2D eigenvalue weighted by Gasteiger charge is -2.17. The maximum atomic E-state index is 13.1. The van der Waals surface area contributed by atoms with Gasteiger partial charge in [0.2, 0.25) is 5.91 Å². The van der Waals surface area contributed by atoms with Gasteiger partial charge in [0.25, 0.3) is 5.91 Å². The van der Waals surface area contributed by atoms with Gasteiger partial charge in [0, 0.05) is 18.3 Å². The van der Waals surface area contributed by atoms with Gasteiger partial charge in [0.1, 0.15) is 11.6 Å². The molecule has 7 heteroatoms. The number of halogens is 2. The molecule has 0 fully saturated rings. The average Bonchev–Trinajstić information content (AvgIpc) is 2.53. The maximum Gasteiger partial charge on any atom is 0.254 e. The highest BCUT2D eigenvalue weighted by atomic mass is 79.9. The molecule has 2 aromatic rings. The van der Waals surface area contributed by atoms with Crippen molar-refractivity contribution in [2.24, 2.45) is 0 Å². The summed E-state index contributed by atoms with van der Waals surface area (Å²) in [4.78, 5) is 25.6. The van der Waals surface area contributed by atoms with Crippen LogP contribution in [-0.4, -0.2) is 37.4 Å². The Morgan fingerprint density at radius 1 is 1.25 bits per heavy atom. The Hall–Kier alpha value is -2.41. The van der Waals surface area contributed by atoms with Crippen molar-refractivity contribution in [3.63, 3.8) is 0 Å². The molecule has 0 aliphatic carbocycles. The van der Waals surface area contributed by atoms with Crippen LogP contribution in [0.15, 0.2) is 46.9 Å². The Morgan fingerprint density at radius 3 is 2.62 bits per heavy atom. The molecule has 0 aliphatic heterocycles. The van der Waals surface area contributed by atoms with Crippen molar-refractivity contribution in [1.29, 1.82) is 0 Å². The number of nitrogens with one attached hydrogen (secondary N) is 1. The molecule has 0 spiro atoms. The van der Waals surface area contributed by atoms with E-state index in [0.29, 0.717) is 21.5 Å². The van der Waals surface area contributed by atoms with Crippen molar-refractivity contribution < 1.29 is 18.7 Å². The molecule has 24 heavy (non-hydrogen) atoms. The first-order valence-electron chi connectivity index (χ1n) is 7.05. The van der Waals surface area contributed by atoms with Gasteiger partial charge in [-0.1, -0.05) is 6.07 Å². The summed E-state index contributed by atoms with van der Waals surface area (Å²) in [5.41, 5.74) is 0.761. The predicted octanol–water partition coefficient (Wildman–Crippen LogP) is 3.31. The lowest BCUT2D eigenvalue weighted by Crippen LogP contribution is -2.34. The average molecular weight is 395 g/mol. The van der Waals surface area contributed by atoms with Gasteiger partial charge in [-0.25, -0.2) is 4.39 Å². The first-order chi connectivity index (χ1) is 11.4. The molecule has 126 valence electrons. The normalized spacial score (nSPS) is 10.2. The highest BCUT2D eigenvalue weighted by molar-refractivity contribution is 9.10. The van der Waals surface area contributed by atoms with Crippen molar-refractivity contribution in [1.82, 2.24) is 4.90 Å². The van der Waals surface area contributed by atoms with Crippen LogP contribution >= 0.6 is 15.9 Å². The summed E-state index contributed by atoms with van der Waals surface area (Å²) in [6.45, 7) is -0.154. The van der Waals surface area contributed by atoms with Gasteiger partial charge < -0.3 is 15.0 Å². The van der Waals surface area contributed by atoms with Crippen LogP contribution in [0, 0.1) is 5.82 Å². The topological polar surface area (TPSA) is 58.6 Å². The van der Waals surface area contributed by atoms with Crippen LogP contribution in [0.3, 0.4) is 0 Å². The minimum atomic E-state index is -0.444. The van der Waals surface area contributed by atoms with E-state index in [1.54, 1.807) is 24.3 Å². The van der Waals surface area contributed by atoms with E-state index in [4.69, 9.17) is 4.74 Å². The standard InChI is InChI=1S/C17H16BrFN2O3/c1-21(10-16(22)20-13-5-3-4-12(19)9-13)17(23)11-6-7-15(24-2)14(18)8-11/h3-9H,10H2,1-2H3,(H,20,22). The third kappa shape index (κ3) is 4.55. The summed E-state index contributed by atoms with van der Waals surface area (Å²) in [6, 6.07) is 10.5. The first-order valence-corrected chi connectivity index (χ1v) is 7.84. The van der Waals surface area contributed by atoms with Gasteiger partial charge in [-0.3, -0.25) is 9.59 Å². The number of nitrogens with zero attached hydrogens (tertiary/aromatic N) is 1. The Bertz CT molecular complexity index is 767. The number of hydrogen-bond donors (Lipinski definition) is 1. The molecule has 0 unspecified atom stereocenters. The van der Waals surface area contributed by atoms with Crippen molar-refractivity contribution in [3.05, 3.63) is 58.3 Å². The monoisotopic (exact) mass is 394 g/mol.